The lowest BCUT2D eigenvalue weighted by Gasteiger charge is -2.29. The van der Waals surface area contributed by atoms with Crippen LogP contribution in [0.25, 0.3) is 0 Å². The number of nitrogens with one attached hydrogen (secondary N) is 1. The van der Waals surface area contributed by atoms with E-state index in [1.807, 2.05) is 24.3 Å². The molecule has 8 nitrogen and oxygen atoms in total. The van der Waals surface area contributed by atoms with Gasteiger partial charge in [-0.15, -0.1) is 0 Å². The number of aromatic nitrogens is 2. The molecule has 1 aromatic heterocycles. The molecule has 2 aliphatic rings. The normalized spacial score (nSPS) is 16.6. The molecule has 2 aliphatic heterocycles. The van der Waals surface area contributed by atoms with Crippen molar-refractivity contribution >= 4 is 11.8 Å². The Balaban J connectivity index is 1.45. The summed E-state index contributed by atoms with van der Waals surface area (Å²) in [5.41, 5.74) is 3.16. The highest BCUT2D eigenvalue weighted by atomic mass is 16.5. The number of nitrogens with zero attached hydrogens (tertiary/aromatic N) is 3. The van der Waals surface area contributed by atoms with Crippen LogP contribution in [0.4, 0.5) is 0 Å². The molecule has 148 valence electrons. The molecule has 3 heterocycles. The Bertz CT molecular complexity index is 856. The van der Waals surface area contributed by atoms with E-state index in [2.05, 4.69) is 10.2 Å². The van der Waals surface area contributed by atoms with Crippen LogP contribution in [0, 0.1) is 0 Å². The Morgan fingerprint density at radius 1 is 1.14 bits per heavy atom. The first-order chi connectivity index (χ1) is 13.7. The van der Waals surface area contributed by atoms with Crippen molar-refractivity contribution < 1.29 is 19.1 Å². The fourth-order valence-corrected chi connectivity index (χ4v) is 3.63. The van der Waals surface area contributed by atoms with Crippen LogP contribution in [0.15, 0.2) is 24.3 Å². The Labute approximate surface area is 163 Å². The maximum atomic E-state index is 12.8. The molecule has 2 aromatic rings. The van der Waals surface area contributed by atoms with Gasteiger partial charge in [0.25, 0.3) is 5.91 Å². The third-order valence-electron chi connectivity index (χ3n) is 5.30. The molecule has 1 saturated heterocycles. The number of methoxy groups -OCH3 is 1. The summed E-state index contributed by atoms with van der Waals surface area (Å²) in [5.74, 6) is 0.718. The van der Waals surface area contributed by atoms with Crippen LogP contribution in [0.1, 0.15) is 27.3 Å². The number of hydrogen-bond acceptors (Lipinski definition) is 5. The van der Waals surface area contributed by atoms with Crippen LogP contribution in [-0.2, 0) is 28.9 Å². The smallest absolute Gasteiger partial charge is 0.274 e. The van der Waals surface area contributed by atoms with Gasteiger partial charge in [-0.25, -0.2) is 0 Å². The van der Waals surface area contributed by atoms with E-state index in [4.69, 9.17) is 9.47 Å². The van der Waals surface area contributed by atoms with E-state index in [0.717, 1.165) is 22.6 Å². The van der Waals surface area contributed by atoms with E-state index in [1.165, 1.54) is 0 Å². The highest BCUT2D eigenvalue weighted by molar-refractivity contribution is 5.94. The third-order valence-corrected chi connectivity index (χ3v) is 5.30. The summed E-state index contributed by atoms with van der Waals surface area (Å²) in [4.78, 5) is 29.2. The van der Waals surface area contributed by atoms with Crippen LogP contribution in [-0.4, -0.2) is 71.8 Å². The zero-order chi connectivity index (χ0) is 19.5. The zero-order valence-corrected chi connectivity index (χ0v) is 15.9. The highest BCUT2D eigenvalue weighted by Gasteiger charge is 2.30. The molecule has 0 saturated carbocycles. The molecule has 2 amide bonds. The van der Waals surface area contributed by atoms with Gasteiger partial charge < -0.3 is 19.3 Å². The lowest BCUT2D eigenvalue weighted by atomic mass is 10.0. The van der Waals surface area contributed by atoms with Gasteiger partial charge in [0.15, 0.2) is 5.69 Å². The summed E-state index contributed by atoms with van der Waals surface area (Å²) < 4.78 is 10.5. The van der Waals surface area contributed by atoms with E-state index in [-0.39, 0.29) is 11.8 Å². The van der Waals surface area contributed by atoms with Crippen molar-refractivity contribution in [2.24, 2.45) is 0 Å². The predicted octanol–water partition coefficient (Wildman–Crippen LogP) is 1.02. The minimum absolute atomic E-state index is 0.0433. The Morgan fingerprint density at radius 3 is 2.61 bits per heavy atom. The average Bonchev–Trinajstić information content (AvgIpc) is 3.17. The first-order valence-electron chi connectivity index (χ1n) is 9.49. The first-order valence-corrected chi connectivity index (χ1v) is 9.49. The number of rotatable bonds is 4. The van der Waals surface area contributed by atoms with Crippen molar-refractivity contribution in [1.29, 1.82) is 0 Å². The predicted molar refractivity (Wildman–Crippen MR) is 101 cm³/mol. The second kappa shape index (κ2) is 8.02. The summed E-state index contributed by atoms with van der Waals surface area (Å²) in [5, 5.41) is 7.25. The highest BCUT2D eigenvalue weighted by Crippen LogP contribution is 2.23. The molecule has 4 rings (SSSR count). The molecule has 1 aromatic carbocycles. The maximum absolute atomic E-state index is 12.8. The topological polar surface area (TPSA) is 87.8 Å². The van der Waals surface area contributed by atoms with E-state index in [9.17, 15) is 9.59 Å². The zero-order valence-electron chi connectivity index (χ0n) is 15.9. The lowest BCUT2D eigenvalue weighted by molar-refractivity contribution is -0.131. The van der Waals surface area contributed by atoms with Gasteiger partial charge in [-0.3, -0.25) is 14.7 Å². The van der Waals surface area contributed by atoms with Gasteiger partial charge in [0.1, 0.15) is 5.75 Å². The van der Waals surface area contributed by atoms with Gasteiger partial charge in [-0.05, 0) is 17.7 Å². The summed E-state index contributed by atoms with van der Waals surface area (Å²) >= 11 is 0. The van der Waals surface area contributed by atoms with Crippen LogP contribution in [0.5, 0.6) is 5.75 Å². The van der Waals surface area contributed by atoms with Gasteiger partial charge in [-0.1, -0.05) is 12.1 Å². The quantitative estimate of drug-likeness (QED) is 0.850. The molecule has 28 heavy (non-hydrogen) atoms. The molecule has 0 radical (unpaired) electrons. The van der Waals surface area contributed by atoms with E-state index in [0.29, 0.717) is 57.9 Å². The first kappa shape index (κ1) is 18.5. The summed E-state index contributed by atoms with van der Waals surface area (Å²) in [7, 11) is 1.62. The van der Waals surface area contributed by atoms with Crippen molar-refractivity contribution in [3.05, 3.63) is 46.8 Å². The van der Waals surface area contributed by atoms with E-state index in [1.54, 1.807) is 16.9 Å². The second-order valence-corrected chi connectivity index (χ2v) is 7.02. The number of morpholine rings is 1. The molecule has 1 fully saturated rings. The molecule has 8 heteroatoms. The number of hydrogen-bond donors (Lipinski definition) is 1. The van der Waals surface area contributed by atoms with Crippen LogP contribution >= 0.6 is 0 Å². The fourth-order valence-electron chi connectivity index (χ4n) is 3.63. The summed E-state index contributed by atoms with van der Waals surface area (Å²) in [6.07, 6.45) is 0.997. The molecule has 0 bridgehead atoms. The molecular weight excluding hydrogens is 360 g/mol. The molecule has 0 atom stereocenters. The van der Waals surface area contributed by atoms with Gasteiger partial charge in [0.2, 0.25) is 5.91 Å². The molecular formula is C20H24N4O4. The number of ether oxygens (including phenoxy) is 2. The van der Waals surface area contributed by atoms with Crippen molar-refractivity contribution in [3.8, 4) is 5.75 Å². The minimum atomic E-state index is -0.0924. The lowest BCUT2D eigenvalue weighted by Crippen LogP contribution is -2.42. The van der Waals surface area contributed by atoms with Gasteiger partial charge >= 0.3 is 0 Å². The number of carbonyl (C=O) groups is 2. The number of H-pyrrole nitrogens is 1. The van der Waals surface area contributed by atoms with E-state index < -0.39 is 0 Å². The minimum Gasteiger partial charge on any atom is -0.497 e. The average molecular weight is 384 g/mol. The molecule has 0 aliphatic carbocycles. The number of benzene rings is 1. The molecule has 0 unspecified atom stereocenters. The van der Waals surface area contributed by atoms with E-state index >= 15 is 0 Å². The van der Waals surface area contributed by atoms with Crippen LogP contribution in [0.2, 0.25) is 0 Å². The number of carbonyl (C=O) groups excluding carboxylic acids is 2. The second-order valence-electron chi connectivity index (χ2n) is 7.02. The Kier molecular flexibility index (Phi) is 5.29. The SMILES string of the molecule is COc1ccc(CC(=O)N2CCc3[nH]nc(C(=O)N4CCOCC4)c3C2)cc1. The Hall–Kier alpha value is -2.87. The molecule has 1 N–H and O–H groups in total. The monoisotopic (exact) mass is 384 g/mol. The number of aromatic amines is 1. The summed E-state index contributed by atoms with van der Waals surface area (Å²) in [6.45, 7) is 3.26. The number of fused-ring (bicyclic) bond motifs is 1. The van der Waals surface area contributed by atoms with Crippen molar-refractivity contribution in [2.75, 3.05) is 40.0 Å². The van der Waals surface area contributed by atoms with Gasteiger partial charge in [0.05, 0.1) is 26.7 Å². The maximum Gasteiger partial charge on any atom is 0.274 e. The van der Waals surface area contributed by atoms with Crippen LogP contribution in [0.3, 0.4) is 0 Å². The Morgan fingerprint density at radius 2 is 1.89 bits per heavy atom. The van der Waals surface area contributed by atoms with Crippen molar-refractivity contribution in [3.63, 3.8) is 0 Å². The summed E-state index contributed by atoms with van der Waals surface area (Å²) in [6, 6.07) is 7.51. The van der Waals surface area contributed by atoms with Gasteiger partial charge in [-0.2, -0.15) is 5.10 Å². The van der Waals surface area contributed by atoms with Crippen molar-refractivity contribution in [1.82, 2.24) is 20.0 Å². The van der Waals surface area contributed by atoms with Gasteiger partial charge in [0, 0.05) is 43.9 Å². The molecule has 0 spiro atoms. The fraction of sp³-hybridized carbons (Fsp3) is 0.450. The third kappa shape index (κ3) is 3.73. The number of amides is 2. The van der Waals surface area contributed by atoms with Crippen molar-refractivity contribution in [2.45, 2.75) is 19.4 Å². The largest absolute Gasteiger partial charge is 0.497 e. The standard InChI is InChI=1S/C20H24N4O4/c1-27-15-4-2-14(3-5-15)12-18(25)24-7-6-17-16(13-24)19(22-21-17)20(26)23-8-10-28-11-9-23/h2-5H,6-13H2,1H3,(H,21,22). The van der Waals surface area contributed by atoms with Crippen LogP contribution < -0.4 is 4.74 Å².